The Hall–Kier alpha value is -0.710. The van der Waals surface area contributed by atoms with E-state index >= 15 is 0 Å². The molecule has 1 N–H and O–H groups in total. The van der Waals surface area contributed by atoms with Crippen LogP contribution in [0, 0.1) is 0 Å². The molecule has 0 bridgehead atoms. The van der Waals surface area contributed by atoms with Crippen molar-refractivity contribution >= 4 is 29.3 Å². The zero-order chi connectivity index (χ0) is 15.0. The van der Waals surface area contributed by atoms with E-state index in [1.807, 2.05) is 40.9 Å². The second-order valence-corrected chi connectivity index (χ2v) is 7.45. The van der Waals surface area contributed by atoms with E-state index in [4.69, 9.17) is 11.6 Å². The van der Waals surface area contributed by atoms with Crippen molar-refractivity contribution in [1.82, 2.24) is 10.2 Å². The number of nitrogens with one attached hydrogen (secondary N) is 1. The maximum Gasteiger partial charge on any atom is 0.244 e. The lowest BCUT2D eigenvalue weighted by Gasteiger charge is -2.30. The van der Waals surface area contributed by atoms with Crippen LogP contribution in [-0.4, -0.2) is 34.4 Å². The molecule has 2 fully saturated rings. The zero-order valence-electron chi connectivity index (χ0n) is 12.4. The van der Waals surface area contributed by atoms with E-state index in [9.17, 15) is 4.79 Å². The lowest BCUT2D eigenvalue weighted by atomic mass is 10.1. The van der Waals surface area contributed by atoms with E-state index in [0.717, 1.165) is 35.6 Å². The summed E-state index contributed by atoms with van der Waals surface area (Å²) < 4.78 is 0. The average Bonchev–Trinajstić information content (AvgIpc) is 3.18. The molecule has 3 rings (SSSR count). The number of hydrogen-bond donors (Lipinski definition) is 1. The minimum Gasteiger partial charge on any atom is -0.319 e. The van der Waals surface area contributed by atoms with Gasteiger partial charge in [0.25, 0.3) is 0 Å². The molecule has 1 heterocycles. The van der Waals surface area contributed by atoms with Gasteiger partial charge in [-0.25, -0.2) is 0 Å². The third-order valence-electron chi connectivity index (χ3n) is 4.46. The van der Waals surface area contributed by atoms with Gasteiger partial charge in [0.15, 0.2) is 0 Å². The standard InChI is InChI=1S/C16H21ClN2OS/c1-11(6-9-21-2)19-14(12-4-3-5-13(17)10-12)18-16(7-8-16)15(19)20/h3-5,10-11,14,18H,6-9H2,1-2H3. The molecule has 0 radical (unpaired) electrons. The number of carbonyl (C=O) groups is 1. The van der Waals surface area contributed by atoms with Crippen molar-refractivity contribution in [2.24, 2.45) is 0 Å². The van der Waals surface area contributed by atoms with Gasteiger partial charge in [-0.1, -0.05) is 23.7 Å². The zero-order valence-corrected chi connectivity index (χ0v) is 14.0. The van der Waals surface area contributed by atoms with Crippen LogP contribution in [0.15, 0.2) is 24.3 Å². The topological polar surface area (TPSA) is 32.3 Å². The minimum absolute atomic E-state index is 0.0458. The van der Waals surface area contributed by atoms with Crippen LogP contribution in [0.1, 0.15) is 37.9 Å². The quantitative estimate of drug-likeness (QED) is 0.900. The Balaban J connectivity index is 1.88. The average molecular weight is 325 g/mol. The summed E-state index contributed by atoms with van der Waals surface area (Å²) in [6.45, 7) is 2.15. The molecule has 5 heteroatoms. The molecule has 1 aliphatic heterocycles. The van der Waals surface area contributed by atoms with Crippen LogP contribution in [0.3, 0.4) is 0 Å². The van der Waals surface area contributed by atoms with Gasteiger partial charge in [0.05, 0.1) is 0 Å². The van der Waals surface area contributed by atoms with Gasteiger partial charge < -0.3 is 4.90 Å². The van der Waals surface area contributed by atoms with Gasteiger partial charge >= 0.3 is 0 Å². The smallest absolute Gasteiger partial charge is 0.244 e. The minimum atomic E-state index is -0.291. The number of benzene rings is 1. The number of hydrogen-bond acceptors (Lipinski definition) is 3. The molecule has 1 saturated carbocycles. The molecule has 1 aliphatic carbocycles. The van der Waals surface area contributed by atoms with Crippen LogP contribution in [-0.2, 0) is 4.79 Å². The van der Waals surface area contributed by atoms with Crippen molar-refractivity contribution in [1.29, 1.82) is 0 Å². The van der Waals surface area contributed by atoms with Crippen molar-refractivity contribution in [3.8, 4) is 0 Å². The first-order valence-corrected chi connectivity index (χ1v) is 9.19. The summed E-state index contributed by atoms with van der Waals surface area (Å²) in [7, 11) is 0. The fourth-order valence-electron chi connectivity index (χ4n) is 3.04. The van der Waals surface area contributed by atoms with Crippen molar-refractivity contribution in [2.45, 2.75) is 43.9 Å². The first-order valence-electron chi connectivity index (χ1n) is 7.42. The summed E-state index contributed by atoms with van der Waals surface area (Å²) in [5, 5.41) is 4.27. The summed E-state index contributed by atoms with van der Waals surface area (Å²) in [6, 6.07) is 8.07. The number of carbonyl (C=O) groups excluding carboxylic acids is 1. The van der Waals surface area contributed by atoms with Crippen LogP contribution >= 0.6 is 23.4 Å². The highest BCUT2D eigenvalue weighted by Gasteiger charge is 2.60. The highest BCUT2D eigenvalue weighted by molar-refractivity contribution is 7.98. The fraction of sp³-hybridized carbons (Fsp3) is 0.562. The molecule has 3 nitrogen and oxygen atoms in total. The van der Waals surface area contributed by atoms with E-state index in [-0.39, 0.29) is 23.7 Å². The Bertz CT molecular complexity index is 547. The molecule has 2 aliphatic rings. The van der Waals surface area contributed by atoms with Crippen LogP contribution in [0.5, 0.6) is 0 Å². The van der Waals surface area contributed by atoms with Crippen LogP contribution in [0.2, 0.25) is 5.02 Å². The van der Waals surface area contributed by atoms with Crippen molar-refractivity contribution in [2.75, 3.05) is 12.0 Å². The maximum atomic E-state index is 12.8. The third-order valence-corrected chi connectivity index (χ3v) is 5.34. The number of thioether (sulfide) groups is 1. The molecular formula is C16H21ClN2OS. The van der Waals surface area contributed by atoms with E-state index in [0.29, 0.717) is 0 Å². The van der Waals surface area contributed by atoms with E-state index < -0.39 is 0 Å². The Morgan fingerprint density at radius 3 is 2.90 bits per heavy atom. The molecular weight excluding hydrogens is 304 g/mol. The lowest BCUT2D eigenvalue weighted by Crippen LogP contribution is -2.39. The number of amides is 1. The summed E-state index contributed by atoms with van der Waals surface area (Å²) in [4.78, 5) is 14.8. The number of halogens is 1. The molecule has 1 aromatic carbocycles. The molecule has 1 aromatic rings. The van der Waals surface area contributed by atoms with Crippen LogP contribution in [0.4, 0.5) is 0 Å². The van der Waals surface area contributed by atoms with E-state index in [1.165, 1.54) is 0 Å². The largest absolute Gasteiger partial charge is 0.319 e. The molecule has 2 unspecified atom stereocenters. The van der Waals surface area contributed by atoms with Gasteiger partial charge in [-0.3, -0.25) is 10.1 Å². The van der Waals surface area contributed by atoms with Gasteiger partial charge in [0.1, 0.15) is 11.7 Å². The molecule has 1 amide bonds. The van der Waals surface area contributed by atoms with Gasteiger partial charge in [0.2, 0.25) is 5.91 Å². The Morgan fingerprint density at radius 1 is 1.52 bits per heavy atom. The monoisotopic (exact) mass is 324 g/mol. The molecule has 2 atom stereocenters. The predicted molar refractivity (Wildman–Crippen MR) is 88.6 cm³/mol. The van der Waals surface area contributed by atoms with Crippen molar-refractivity contribution in [3.63, 3.8) is 0 Å². The van der Waals surface area contributed by atoms with Crippen LogP contribution < -0.4 is 5.32 Å². The first kappa shape index (κ1) is 15.2. The van der Waals surface area contributed by atoms with Crippen molar-refractivity contribution in [3.05, 3.63) is 34.9 Å². The number of rotatable bonds is 5. The summed E-state index contributed by atoms with van der Waals surface area (Å²) >= 11 is 7.95. The van der Waals surface area contributed by atoms with Gasteiger partial charge in [-0.15, -0.1) is 0 Å². The summed E-state index contributed by atoms with van der Waals surface area (Å²) in [5.41, 5.74) is 0.788. The molecule has 0 aromatic heterocycles. The second kappa shape index (κ2) is 5.82. The van der Waals surface area contributed by atoms with E-state index in [2.05, 4.69) is 18.5 Å². The Kier molecular flexibility index (Phi) is 4.21. The predicted octanol–water partition coefficient (Wildman–Crippen LogP) is 3.44. The second-order valence-electron chi connectivity index (χ2n) is 6.03. The summed E-state index contributed by atoms with van der Waals surface area (Å²) in [5.74, 6) is 1.33. The Morgan fingerprint density at radius 2 is 2.29 bits per heavy atom. The number of nitrogens with zero attached hydrogens (tertiary/aromatic N) is 1. The highest BCUT2D eigenvalue weighted by Crippen LogP contribution is 2.47. The van der Waals surface area contributed by atoms with Crippen molar-refractivity contribution < 1.29 is 4.79 Å². The van der Waals surface area contributed by atoms with Crippen LogP contribution in [0.25, 0.3) is 0 Å². The normalized spacial score (nSPS) is 24.6. The van der Waals surface area contributed by atoms with Gasteiger partial charge in [-0.05, 0) is 55.9 Å². The fourth-order valence-corrected chi connectivity index (χ4v) is 3.82. The molecule has 114 valence electrons. The Labute approximate surface area is 135 Å². The van der Waals surface area contributed by atoms with E-state index in [1.54, 1.807) is 0 Å². The summed E-state index contributed by atoms with van der Waals surface area (Å²) in [6.07, 6.45) is 4.98. The SMILES string of the molecule is CSCCC(C)N1C(=O)C2(CC2)NC1c1cccc(Cl)c1. The highest BCUT2D eigenvalue weighted by atomic mass is 35.5. The first-order chi connectivity index (χ1) is 10.1. The molecule has 1 spiro atoms. The molecule has 1 saturated heterocycles. The molecule has 21 heavy (non-hydrogen) atoms. The lowest BCUT2D eigenvalue weighted by molar-refractivity contribution is -0.132. The third kappa shape index (κ3) is 2.81. The maximum absolute atomic E-state index is 12.8. The van der Waals surface area contributed by atoms with Gasteiger partial charge in [-0.2, -0.15) is 11.8 Å². The van der Waals surface area contributed by atoms with Gasteiger partial charge in [0, 0.05) is 11.1 Å².